The van der Waals surface area contributed by atoms with Crippen molar-refractivity contribution < 1.29 is 9.72 Å². The van der Waals surface area contributed by atoms with Crippen LogP contribution in [0.4, 0.5) is 5.69 Å². The van der Waals surface area contributed by atoms with Crippen molar-refractivity contribution >= 4 is 12.0 Å². The van der Waals surface area contributed by atoms with Crippen LogP contribution < -0.4 is 0 Å². The maximum absolute atomic E-state index is 10.8. The minimum absolute atomic E-state index is 0.184. The lowest BCUT2D eigenvalue weighted by atomic mass is 10.0. The third-order valence-corrected chi connectivity index (χ3v) is 2.27. The summed E-state index contributed by atoms with van der Waals surface area (Å²) in [6.07, 6.45) is 2.53. The normalized spacial score (nSPS) is 9.93. The zero-order valence-electron chi connectivity index (χ0n) is 8.60. The van der Waals surface area contributed by atoms with Crippen LogP contribution in [-0.2, 0) is 11.2 Å². The quantitative estimate of drug-likeness (QED) is 0.322. The van der Waals surface area contributed by atoms with Gasteiger partial charge in [0.2, 0.25) is 0 Å². The van der Waals surface area contributed by atoms with E-state index in [2.05, 4.69) is 0 Å². The predicted molar refractivity (Wildman–Crippen MR) is 56.8 cm³/mol. The molecule has 0 N–H and O–H groups in total. The molecule has 0 bridgehead atoms. The zero-order valence-corrected chi connectivity index (χ0v) is 8.60. The molecule has 4 nitrogen and oxygen atoms in total. The lowest BCUT2D eigenvalue weighted by Crippen LogP contribution is -1.98. The van der Waals surface area contributed by atoms with Gasteiger partial charge in [0, 0.05) is 17.5 Å². The fourth-order valence-electron chi connectivity index (χ4n) is 1.56. The zero-order chi connectivity index (χ0) is 11.3. The molecular weight excluding hydrogens is 194 g/mol. The number of rotatable bonds is 5. The second kappa shape index (κ2) is 5.24. The minimum Gasteiger partial charge on any atom is -0.303 e. The summed E-state index contributed by atoms with van der Waals surface area (Å²) < 4.78 is 0. The second-order valence-electron chi connectivity index (χ2n) is 3.40. The highest BCUT2D eigenvalue weighted by molar-refractivity contribution is 5.50. The van der Waals surface area contributed by atoms with Gasteiger partial charge in [0.25, 0.3) is 5.69 Å². The van der Waals surface area contributed by atoms with Gasteiger partial charge in [-0.2, -0.15) is 0 Å². The summed E-state index contributed by atoms with van der Waals surface area (Å²) in [6.45, 7) is 1.72. The third-order valence-electron chi connectivity index (χ3n) is 2.27. The van der Waals surface area contributed by atoms with E-state index in [1.807, 2.05) is 0 Å². The van der Waals surface area contributed by atoms with Gasteiger partial charge in [0.1, 0.15) is 6.29 Å². The number of aryl methyl sites for hydroxylation is 2. The number of hydrogen-bond acceptors (Lipinski definition) is 3. The van der Waals surface area contributed by atoms with Crippen molar-refractivity contribution in [1.82, 2.24) is 0 Å². The maximum atomic E-state index is 10.8. The smallest absolute Gasteiger partial charge is 0.275 e. The number of hydrogen-bond donors (Lipinski definition) is 0. The molecule has 0 atom stereocenters. The largest absolute Gasteiger partial charge is 0.303 e. The molecule has 80 valence electrons. The number of unbranched alkanes of at least 4 members (excludes halogenated alkanes) is 1. The van der Waals surface area contributed by atoms with Crippen molar-refractivity contribution in [2.45, 2.75) is 26.2 Å². The Morgan fingerprint density at radius 2 is 2.20 bits per heavy atom. The molecule has 15 heavy (non-hydrogen) atoms. The summed E-state index contributed by atoms with van der Waals surface area (Å²) in [7, 11) is 0. The van der Waals surface area contributed by atoms with E-state index in [4.69, 9.17) is 0 Å². The van der Waals surface area contributed by atoms with Gasteiger partial charge in [-0.15, -0.1) is 0 Å². The first-order valence-corrected chi connectivity index (χ1v) is 4.83. The van der Waals surface area contributed by atoms with E-state index in [0.717, 1.165) is 6.29 Å². The van der Waals surface area contributed by atoms with Gasteiger partial charge < -0.3 is 4.79 Å². The van der Waals surface area contributed by atoms with Crippen LogP contribution in [0.5, 0.6) is 0 Å². The molecule has 1 aromatic carbocycles. The summed E-state index contributed by atoms with van der Waals surface area (Å²) in [5.74, 6) is 0. The summed E-state index contributed by atoms with van der Waals surface area (Å²) in [4.78, 5) is 20.6. The van der Waals surface area contributed by atoms with Crippen LogP contribution in [0.1, 0.15) is 24.0 Å². The molecule has 0 aliphatic rings. The summed E-state index contributed by atoms with van der Waals surface area (Å²) in [5.41, 5.74) is 1.56. The highest BCUT2D eigenvalue weighted by atomic mass is 16.6. The first-order valence-electron chi connectivity index (χ1n) is 4.83. The topological polar surface area (TPSA) is 60.2 Å². The lowest BCUT2D eigenvalue weighted by molar-refractivity contribution is -0.386. The predicted octanol–water partition coefficient (Wildman–Crippen LogP) is 2.42. The molecular formula is C11H13NO3. The highest BCUT2D eigenvalue weighted by Gasteiger charge is 2.15. The van der Waals surface area contributed by atoms with Crippen molar-refractivity contribution in [3.05, 3.63) is 39.4 Å². The van der Waals surface area contributed by atoms with Gasteiger partial charge in [-0.1, -0.05) is 18.2 Å². The van der Waals surface area contributed by atoms with E-state index in [9.17, 15) is 14.9 Å². The Kier molecular flexibility index (Phi) is 3.97. The Hall–Kier alpha value is -1.71. The van der Waals surface area contributed by atoms with Gasteiger partial charge in [-0.25, -0.2) is 0 Å². The van der Waals surface area contributed by atoms with E-state index < -0.39 is 0 Å². The molecule has 0 saturated heterocycles. The van der Waals surface area contributed by atoms with Crippen LogP contribution in [-0.4, -0.2) is 11.2 Å². The number of carbonyl (C=O) groups excluding carboxylic acids is 1. The minimum atomic E-state index is -0.356. The number of carbonyl (C=O) groups is 1. The fraction of sp³-hybridized carbons (Fsp3) is 0.364. The van der Waals surface area contributed by atoms with Gasteiger partial charge in [-0.3, -0.25) is 10.1 Å². The molecule has 0 aromatic heterocycles. The Morgan fingerprint density at radius 1 is 1.47 bits per heavy atom. The number of nitrogens with zero attached hydrogens (tertiary/aromatic N) is 1. The molecule has 0 radical (unpaired) electrons. The second-order valence-corrected chi connectivity index (χ2v) is 3.40. The van der Waals surface area contributed by atoms with Crippen molar-refractivity contribution in [3.8, 4) is 0 Å². The van der Waals surface area contributed by atoms with Crippen LogP contribution in [0.2, 0.25) is 0 Å². The Labute approximate surface area is 88.1 Å². The van der Waals surface area contributed by atoms with Gasteiger partial charge in [0.15, 0.2) is 0 Å². The van der Waals surface area contributed by atoms with Crippen LogP contribution in [0.15, 0.2) is 18.2 Å². The first kappa shape index (κ1) is 11.4. The third kappa shape index (κ3) is 2.87. The van der Waals surface area contributed by atoms with Crippen molar-refractivity contribution in [2.75, 3.05) is 0 Å². The van der Waals surface area contributed by atoms with E-state index in [0.29, 0.717) is 30.4 Å². The number of para-hydroxylation sites is 1. The van der Waals surface area contributed by atoms with Crippen molar-refractivity contribution in [3.63, 3.8) is 0 Å². The SMILES string of the molecule is Cc1cccc(CCCC=O)c1[N+](=O)[O-]. The van der Waals surface area contributed by atoms with Gasteiger partial charge in [-0.05, 0) is 19.8 Å². The summed E-state index contributed by atoms with van der Waals surface area (Å²) in [5, 5.41) is 10.8. The van der Waals surface area contributed by atoms with E-state index in [-0.39, 0.29) is 10.6 Å². The van der Waals surface area contributed by atoms with Crippen molar-refractivity contribution in [2.24, 2.45) is 0 Å². The Balaban J connectivity index is 2.90. The van der Waals surface area contributed by atoms with E-state index in [1.165, 1.54) is 0 Å². The standard InChI is InChI=1S/C11H13NO3/c1-9-5-4-7-10(6-2-3-8-13)11(9)12(14)15/h4-5,7-8H,2-3,6H2,1H3. The van der Waals surface area contributed by atoms with Crippen LogP contribution in [0, 0.1) is 17.0 Å². The molecule has 4 heteroatoms. The van der Waals surface area contributed by atoms with Crippen LogP contribution in [0.3, 0.4) is 0 Å². The van der Waals surface area contributed by atoms with E-state index in [1.54, 1.807) is 25.1 Å². The lowest BCUT2D eigenvalue weighted by Gasteiger charge is -2.03. The number of benzene rings is 1. The molecule has 0 spiro atoms. The van der Waals surface area contributed by atoms with Gasteiger partial charge in [0.05, 0.1) is 4.92 Å². The Bertz CT molecular complexity index is 374. The van der Waals surface area contributed by atoms with Crippen LogP contribution in [0.25, 0.3) is 0 Å². The van der Waals surface area contributed by atoms with Gasteiger partial charge >= 0.3 is 0 Å². The molecule has 0 aliphatic heterocycles. The molecule has 0 unspecified atom stereocenters. The monoisotopic (exact) mass is 207 g/mol. The molecule has 1 aromatic rings. The highest BCUT2D eigenvalue weighted by Crippen LogP contribution is 2.24. The average Bonchev–Trinajstić information content (AvgIpc) is 2.17. The number of aldehydes is 1. The number of nitro benzene ring substituents is 1. The number of nitro groups is 1. The molecule has 1 rings (SSSR count). The maximum Gasteiger partial charge on any atom is 0.275 e. The molecule has 0 heterocycles. The summed E-state index contributed by atoms with van der Waals surface area (Å²) >= 11 is 0. The van der Waals surface area contributed by atoms with Crippen LogP contribution >= 0.6 is 0 Å². The molecule has 0 fully saturated rings. The fourth-order valence-corrected chi connectivity index (χ4v) is 1.56. The molecule has 0 aliphatic carbocycles. The van der Waals surface area contributed by atoms with E-state index >= 15 is 0 Å². The summed E-state index contributed by atoms with van der Waals surface area (Å²) in [6, 6.07) is 5.27. The first-order chi connectivity index (χ1) is 7.16. The molecule has 0 saturated carbocycles. The van der Waals surface area contributed by atoms with Crippen molar-refractivity contribution in [1.29, 1.82) is 0 Å². The molecule has 0 amide bonds. The average molecular weight is 207 g/mol. The Morgan fingerprint density at radius 3 is 2.80 bits per heavy atom.